The van der Waals surface area contributed by atoms with Crippen LogP contribution in [0.3, 0.4) is 0 Å². The summed E-state index contributed by atoms with van der Waals surface area (Å²) in [5, 5.41) is 30.7. The molecular weight excluding hydrogens is 473 g/mol. The van der Waals surface area contributed by atoms with Crippen molar-refractivity contribution in [2.24, 2.45) is 10.3 Å². The second-order valence-electron chi connectivity index (χ2n) is 4.24. The minimum Gasteiger partial charge on any atom is -0.258 e. The first-order valence-corrected chi connectivity index (χ1v) is 12.6. The standard InChI is InChI=1S/C8H6N4O8S6/c9-25(17,18)3-1-5(11(13)14)21-7(3)23-24-8-4(26(10,19)20)2-6(22-8)12(15)16/h1-2H,(H2,9,17,18)(H2,10,19,20). The van der Waals surface area contributed by atoms with Gasteiger partial charge in [0.15, 0.2) is 0 Å². The van der Waals surface area contributed by atoms with Crippen LogP contribution in [0.25, 0.3) is 0 Å². The predicted octanol–water partition coefficient (Wildman–Crippen LogP) is 1.72. The molecule has 0 unspecified atom stereocenters. The minimum atomic E-state index is -4.27. The van der Waals surface area contributed by atoms with Gasteiger partial charge in [-0.05, 0) is 21.6 Å². The van der Waals surface area contributed by atoms with Crippen molar-refractivity contribution in [3.05, 3.63) is 32.4 Å². The van der Waals surface area contributed by atoms with Crippen LogP contribution in [0.2, 0.25) is 0 Å². The van der Waals surface area contributed by atoms with E-state index in [-0.39, 0.29) is 8.42 Å². The Morgan fingerprint density at radius 1 is 0.808 bits per heavy atom. The van der Waals surface area contributed by atoms with E-state index in [9.17, 15) is 37.1 Å². The van der Waals surface area contributed by atoms with Crippen molar-refractivity contribution in [2.75, 3.05) is 0 Å². The van der Waals surface area contributed by atoms with Crippen molar-refractivity contribution >= 4 is 74.3 Å². The van der Waals surface area contributed by atoms with Crippen molar-refractivity contribution < 1.29 is 26.7 Å². The lowest BCUT2D eigenvalue weighted by Crippen LogP contribution is -2.12. The zero-order chi connectivity index (χ0) is 19.9. The van der Waals surface area contributed by atoms with Gasteiger partial charge in [0, 0.05) is 12.1 Å². The molecule has 0 aromatic carbocycles. The molecule has 0 bridgehead atoms. The third kappa shape index (κ3) is 4.71. The topological polar surface area (TPSA) is 207 Å². The van der Waals surface area contributed by atoms with E-state index >= 15 is 0 Å². The van der Waals surface area contributed by atoms with Crippen molar-refractivity contribution in [3.63, 3.8) is 0 Å². The molecule has 0 spiro atoms. The number of nitrogens with zero attached hydrogens (tertiary/aromatic N) is 2. The van der Waals surface area contributed by atoms with Gasteiger partial charge in [0.1, 0.15) is 9.79 Å². The number of nitro groups is 2. The Morgan fingerprint density at radius 3 is 1.35 bits per heavy atom. The van der Waals surface area contributed by atoms with Gasteiger partial charge in [0.05, 0.1) is 18.3 Å². The van der Waals surface area contributed by atoms with Crippen molar-refractivity contribution in [1.82, 2.24) is 0 Å². The first-order chi connectivity index (χ1) is 11.8. The molecule has 0 atom stereocenters. The van der Waals surface area contributed by atoms with E-state index in [1.54, 1.807) is 0 Å². The van der Waals surface area contributed by atoms with E-state index in [1.807, 2.05) is 0 Å². The quantitative estimate of drug-likeness (QED) is 0.334. The molecule has 0 fully saturated rings. The first-order valence-electron chi connectivity index (χ1n) is 5.77. The summed E-state index contributed by atoms with van der Waals surface area (Å²) in [6.45, 7) is 0. The highest BCUT2D eigenvalue weighted by Crippen LogP contribution is 2.50. The molecule has 0 aliphatic carbocycles. The van der Waals surface area contributed by atoms with E-state index < -0.39 is 49.7 Å². The van der Waals surface area contributed by atoms with Gasteiger partial charge in [-0.1, -0.05) is 22.7 Å². The van der Waals surface area contributed by atoms with Crippen LogP contribution in [0.15, 0.2) is 30.3 Å². The van der Waals surface area contributed by atoms with E-state index in [0.29, 0.717) is 44.3 Å². The van der Waals surface area contributed by atoms with E-state index in [2.05, 4.69) is 0 Å². The number of sulfonamides is 2. The van der Waals surface area contributed by atoms with Crippen molar-refractivity contribution in [2.45, 2.75) is 18.2 Å². The molecule has 0 radical (unpaired) electrons. The Bertz CT molecular complexity index is 1010. The van der Waals surface area contributed by atoms with Crippen LogP contribution in [-0.4, -0.2) is 26.7 Å². The molecule has 0 aliphatic rings. The zero-order valence-electron chi connectivity index (χ0n) is 11.9. The number of thiophene rings is 2. The van der Waals surface area contributed by atoms with Crippen LogP contribution in [0, 0.1) is 20.2 Å². The largest absolute Gasteiger partial charge is 0.326 e. The van der Waals surface area contributed by atoms with E-state index in [0.717, 1.165) is 12.1 Å². The van der Waals surface area contributed by atoms with Gasteiger partial charge < -0.3 is 0 Å². The fraction of sp³-hybridized carbons (Fsp3) is 0. The summed E-state index contributed by atoms with van der Waals surface area (Å²) >= 11 is 1.03. The predicted molar refractivity (Wildman–Crippen MR) is 96.4 cm³/mol. The van der Waals surface area contributed by atoms with Gasteiger partial charge in [-0.3, -0.25) is 20.2 Å². The van der Waals surface area contributed by atoms with Gasteiger partial charge in [-0.2, -0.15) is 0 Å². The summed E-state index contributed by atoms with van der Waals surface area (Å²) in [6, 6.07) is 1.56. The Morgan fingerprint density at radius 2 is 1.12 bits per heavy atom. The fourth-order valence-electron chi connectivity index (χ4n) is 1.46. The maximum Gasteiger partial charge on any atom is 0.326 e. The van der Waals surface area contributed by atoms with Crippen LogP contribution in [-0.2, 0) is 20.0 Å². The van der Waals surface area contributed by atoms with Crippen LogP contribution in [0.4, 0.5) is 10.0 Å². The molecule has 26 heavy (non-hydrogen) atoms. The summed E-state index contributed by atoms with van der Waals surface area (Å²) in [6.07, 6.45) is 0. The van der Waals surface area contributed by atoms with Crippen molar-refractivity contribution in [3.8, 4) is 0 Å². The maximum absolute atomic E-state index is 11.6. The third-order valence-corrected chi connectivity index (χ3v) is 10.3. The summed E-state index contributed by atoms with van der Waals surface area (Å²) in [7, 11) is -7.23. The van der Waals surface area contributed by atoms with Crippen molar-refractivity contribution in [1.29, 1.82) is 0 Å². The highest BCUT2D eigenvalue weighted by molar-refractivity contribution is 8.77. The molecular formula is C8H6N4O8S6. The fourth-order valence-corrected chi connectivity index (χ4v) is 9.47. The minimum absolute atomic E-state index is 0.0828. The number of primary sulfonamides is 2. The molecule has 2 rings (SSSR count). The average molecular weight is 479 g/mol. The van der Waals surface area contributed by atoms with Crippen LogP contribution >= 0.6 is 44.3 Å². The smallest absolute Gasteiger partial charge is 0.258 e. The molecule has 12 nitrogen and oxygen atoms in total. The average Bonchev–Trinajstić information content (AvgIpc) is 3.08. The molecule has 0 saturated heterocycles. The van der Waals surface area contributed by atoms with Crippen LogP contribution in [0.1, 0.15) is 0 Å². The zero-order valence-corrected chi connectivity index (χ0v) is 16.8. The summed E-state index contributed by atoms with van der Waals surface area (Å²) < 4.78 is 46.1. The number of nitrogens with two attached hydrogens (primary N) is 2. The van der Waals surface area contributed by atoms with Crippen LogP contribution < -0.4 is 10.3 Å². The normalized spacial score (nSPS) is 12.2. The second kappa shape index (κ2) is 7.38. The highest BCUT2D eigenvalue weighted by Gasteiger charge is 2.28. The lowest BCUT2D eigenvalue weighted by atomic mass is 10.6. The molecule has 0 aliphatic heterocycles. The molecule has 0 saturated carbocycles. The molecule has 2 heterocycles. The van der Waals surface area contributed by atoms with Gasteiger partial charge in [-0.15, -0.1) is 0 Å². The SMILES string of the molecule is NS(=O)(=O)c1cc([N+](=O)[O-])sc1SSc1sc([N+](=O)[O-])cc1S(N)(=O)=O. The van der Waals surface area contributed by atoms with Gasteiger partial charge in [0.25, 0.3) is 0 Å². The first kappa shape index (κ1) is 21.0. The van der Waals surface area contributed by atoms with E-state index in [1.165, 1.54) is 0 Å². The molecule has 0 amide bonds. The molecule has 18 heteroatoms. The maximum atomic E-state index is 11.6. The Balaban J connectivity index is 2.44. The second-order valence-corrected chi connectivity index (χ2v) is 12.0. The van der Waals surface area contributed by atoms with Crippen LogP contribution in [0.5, 0.6) is 0 Å². The summed E-state index contributed by atoms with van der Waals surface area (Å²) in [4.78, 5) is 19.0. The Labute approximate surface area is 161 Å². The number of hydrogen-bond donors (Lipinski definition) is 2. The lowest BCUT2D eigenvalue weighted by molar-refractivity contribution is -0.380. The van der Waals surface area contributed by atoms with Gasteiger partial charge >= 0.3 is 10.0 Å². The number of rotatable bonds is 7. The molecule has 142 valence electrons. The summed E-state index contributed by atoms with van der Waals surface area (Å²) in [5.41, 5.74) is 0. The molecule has 4 N–H and O–H groups in total. The van der Waals surface area contributed by atoms with E-state index in [4.69, 9.17) is 10.3 Å². The lowest BCUT2D eigenvalue weighted by Gasteiger charge is -2.01. The highest BCUT2D eigenvalue weighted by atomic mass is 33.1. The molecule has 2 aromatic rings. The molecule has 2 aromatic heterocycles. The van der Waals surface area contributed by atoms with Gasteiger partial charge in [0.2, 0.25) is 20.0 Å². The monoisotopic (exact) mass is 478 g/mol. The number of hydrogen-bond acceptors (Lipinski definition) is 12. The third-order valence-electron chi connectivity index (χ3n) is 2.47. The van der Waals surface area contributed by atoms with Gasteiger partial charge in [-0.25, -0.2) is 27.1 Å². The summed E-state index contributed by atoms with van der Waals surface area (Å²) in [5.74, 6) is 0. The Kier molecular flexibility index (Phi) is 5.97. The Hall–Kier alpha value is -1.28.